The highest BCUT2D eigenvalue weighted by Crippen LogP contribution is 2.31. The molecule has 0 spiro atoms. The van der Waals surface area contributed by atoms with Crippen molar-refractivity contribution in [3.8, 4) is 0 Å². The highest BCUT2D eigenvalue weighted by Gasteiger charge is 2.53. The molecule has 2 heterocycles. The maximum absolute atomic E-state index is 13.4. The minimum Gasteiger partial charge on any atom is -0.480 e. The second kappa shape index (κ2) is 23.3. The van der Waals surface area contributed by atoms with Crippen LogP contribution in [0.25, 0.3) is 0 Å². The van der Waals surface area contributed by atoms with Crippen LogP contribution in [-0.4, -0.2) is 177 Å². The van der Waals surface area contributed by atoms with E-state index in [4.69, 9.17) is 30.4 Å². The second-order valence-corrected chi connectivity index (χ2v) is 13.7. The van der Waals surface area contributed by atoms with E-state index in [2.05, 4.69) is 26.6 Å². The number of hydrogen-bond acceptors (Lipinski definition) is 17. The summed E-state index contributed by atoms with van der Waals surface area (Å²) in [4.78, 5) is 86.7. The zero-order chi connectivity index (χ0) is 43.1. The molecule has 0 aromatic heterocycles. The number of primary amides is 1. The van der Waals surface area contributed by atoms with E-state index in [-0.39, 0.29) is 19.3 Å². The standard InChI is InChI=1S/C33H57N7O17/c1-13(29(49)40-17(28(35)48)8-9-21(45)39-18(31(51)52)7-5-6-10-34)36-30(50)14(2)54-27-23(38-16(4)44)32(53)55-20(12-42)26(27)57-33-22(37-15(3)43)25(47)24(46)19(11-41)56-33/h13-14,17-20,22-27,32-33,41-42,46-47,53H,5-12,34H2,1-4H3,(H2,35,48)(H,36,50)(H,37,43)(H,38,44)(H,39,45)(H,40,49)(H,51,52)/t13-,14+,17+,18-,19+,20+,22+,23+,24+,25+,26+,27+,32?,33-/m0/s1. The first kappa shape index (κ1) is 49.0. The molecule has 326 valence electrons. The molecule has 0 aromatic rings. The number of nitrogens with one attached hydrogen (secondary N) is 5. The normalized spacial score (nSPS) is 29.4. The van der Waals surface area contributed by atoms with E-state index in [1.54, 1.807) is 0 Å². The molecule has 0 saturated carbocycles. The summed E-state index contributed by atoms with van der Waals surface area (Å²) in [7, 11) is 0. The number of carboxylic acid groups (broad SMARTS) is 1. The third kappa shape index (κ3) is 14.7. The van der Waals surface area contributed by atoms with Crippen molar-refractivity contribution in [1.82, 2.24) is 26.6 Å². The zero-order valence-electron chi connectivity index (χ0n) is 32.1. The number of unbranched alkanes of at least 4 members (excludes halogenated alkanes) is 1. The van der Waals surface area contributed by atoms with E-state index >= 15 is 0 Å². The molecule has 57 heavy (non-hydrogen) atoms. The van der Waals surface area contributed by atoms with Crippen molar-refractivity contribution < 1.29 is 83.1 Å². The van der Waals surface area contributed by atoms with Gasteiger partial charge in [-0.25, -0.2) is 4.79 Å². The van der Waals surface area contributed by atoms with E-state index in [1.807, 2.05) is 0 Å². The van der Waals surface area contributed by atoms with Crippen molar-refractivity contribution >= 4 is 41.4 Å². The lowest BCUT2D eigenvalue weighted by atomic mass is 9.94. The monoisotopic (exact) mass is 823 g/mol. The van der Waals surface area contributed by atoms with Crippen molar-refractivity contribution in [3.63, 3.8) is 0 Å². The second-order valence-electron chi connectivity index (χ2n) is 13.7. The first-order valence-electron chi connectivity index (χ1n) is 18.3. The average molecular weight is 824 g/mol. The Balaban J connectivity index is 2.22. The Bertz CT molecular complexity index is 1390. The summed E-state index contributed by atoms with van der Waals surface area (Å²) in [5.41, 5.74) is 10.8. The number of aliphatic carboxylic acids is 1. The van der Waals surface area contributed by atoms with Gasteiger partial charge >= 0.3 is 5.97 Å². The van der Waals surface area contributed by atoms with Crippen LogP contribution in [0.3, 0.4) is 0 Å². The Kier molecular flexibility index (Phi) is 20.1. The summed E-state index contributed by atoms with van der Waals surface area (Å²) >= 11 is 0. The van der Waals surface area contributed by atoms with E-state index in [1.165, 1.54) is 13.8 Å². The molecule has 2 fully saturated rings. The van der Waals surface area contributed by atoms with E-state index in [0.29, 0.717) is 19.4 Å². The van der Waals surface area contributed by atoms with E-state index in [0.717, 1.165) is 13.8 Å². The summed E-state index contributed by atoms with van der Waals surface area (Å²) in [6, 6.07) is -6.93. The Labute approximate surface area is 327 Å². The Morgan fingerprint density at radius 1 is 0.754 bits per heavy atom. The van der Waals surface area contributed by atoms with Crippen LogP contribution in [0, 0.1) is 0 Å². The highest BCUT2D eigenvalue weighted by atomic mass is 16.7. The molecule has 2 rings (SSSR count). The van der Waals surface area contributed by atoms with Gasteiger partial charge in [0.2, 0.25) is 35.4 Å². The number of hydrogen-bond donors (Lipinski definition) is 13. The van der Waals surface area contributed by atoms with Crippen LogP contribution in [-0.2, 0) is 52.5 Å². The third-order valence-corrected chi connectivity index (χ3v) is 9.14. The van der Waals surface area contributed by atoms with Crippen molar-refractivity contribution in [1.29, 1.82) is 0 Å². The van der Waals surface area contributed by atoms with Gasteiger partial charge < -0.3 is 87.6 Å². The fourth-order valence-electron chi connectivity index (χ4n) is 6.09. The van der Waals surface area contributed by atoms with Gasteiger partial charge in [-0.3, -0.25) is 28.8 Å². The van der Waals surface area contributed by atoms with Crippen molar-refractivity contribution in [2.24, 2.45) is 11.5 Å². The number of carboxylic acids is 1. The lowest BCUT2D eigenvalue weighted by Gasteiger charge is -2.48. The topological polar surface area (TPSA) is 390 Å². The van der Waals surface area contributed by atoms with Crippen LogP contribution in [0.4, 0.5) is 0 Å². The van der Waals surface area contributed by atoms with Crippen molar-refractivity contribution in [2.75, 3.05) is 19.8 Å². The maximum atomic E-state index is 13.4. The highest BCUT2D eigenvalue weighted by molar-refractivity contribution is 5.92. The lowest BCUT2D eigenvalue weighted by molar-refractivity contribution is -0.333. The molecule has 24 heteroatoms. The summed E-state index contributed by atoms with van der Waals surface area (Å²) in [6.45, 7) is 3.36. The molecule has 15 N–H and O–H groups in total. The number of carbonyl (C=O) groups excluding carboxylic acids is 6. The number of ether oxygens (including phenoxy) is 4. The first-order valence-corrected chi connectivity index (χ1v) is 18.3. The fourth-order valence-corrected chi connectivity index (χ4v) is 6.09. The quantitative estimate of drug-likeness (QED) is 0.0451. The number of amides is 6. The maximum Gasteiger partial charge on any atom is 0.326 e. The molecular weight excluding hydrogens is 766 g/mol. The van der Waals surface area contributed by atoms with Crippen LogP contribution in [0.2, 0.25) is 0 Å². The summed E-state index contributed by atoms with van der Waals surface area (Å²) in [6.07, 6.45) is -14.1. The molecule has 0 aliphatic carbocycles. The number of nitrogens with two attached hydrogens (primary N) is 2. The molecule has 0 bridgehead atoms. The number of rotatable bonds is 22. The Morgan fingerprint density at radius 2 is 1.37 bits per heavy atom. The molecule has 0 radical (unpaired) electrons. The molecule has 0 aromatic carbocycles. The minimum absolute atomic E-state index is 0.125. The van der Waals surface area contributed by atoms with Crippen LogP contribution in [0.5, 0.6) is 0 Å². The molecule has 14 atom stereocenters. The lowest BCUT2D eigenvalue weighted by Crippen LogP contribution is -2.70. The van der Waals surface area contributed by atoms with Crippen molar-refractivity contribution in [3.05, 3.63) is 0 Å². The van der Waals surface area contributed by atoms with Gasteiger partial charge in [-0.2, -0.15) is 0 Å². The average Bonchev–Trinajstić information content (AvgIpc) is 3.13. The van der Waals surface area contributed by atoms with Gasteiger partial charge in [0.1, 0.15) is 72.9 Å². The van der Waals surface area contributed by atoms with Gasteiger partial charge in [0, 0.05) is 20.3 Å². The molecule has 24 nitrogen and oxygen atoms in total. The fraction of sp³-hybridized carbons (Fsp3) is 0.788. The first-order chi connectivity index (χ1) is 26.7. The van der Waals surface area contributed by atoms with Crippen LogP contribution in [0.15, 0.2) is 0 Å². The minimum atomic E-state index is -1.86. The predicted molar refractivity (Wildman–Crippen MR) is 191 cm³/mol. The van der Waals surface area contributed by atoms with E-state index < -0.39 is 140 Å². The Hall–Kier alpha value is -4.11. The van der Waals surface area contributed by atoms with E-state index in [9.17, 15) is 64.2 Å². The van der Waals surface area contributed by atoms with Crippen LogP contribution in [0.1, 0.15) is 59.8 Å². The molecule has 2 saturated heterocycles. The molecule has 2 aliphatic heterocycles. The third-order valence-electron chi connectivity index (χ3n) is 9.14. The molecule has 1 unspecified atom stereocenters. The van der Waals surface area contributed by atoms with Gasteiger partial charge in [-0.15, -0.1) is 0 Å². The SMILES string of the molecule is CC(=O)N[C@H]1[C@H](O[C@H]2[C@H](O[C@H](C)C(=O)N[C@@H](C)C(=O)N[C@H](CCC(=O)N[C@@H](CCCCN)C(=O)O)C(N)=O)[C@@H](NC(C)=O)C(O)O[C@@H]2CO)O[C@H](CO)[C@@H](O)[C@@H]1O. The Morgan fingerprint density at radius 3 is 1.91 bits per heavy atom. The molecule has 6 amide bonds. The van der Waals surface area contributed by atoms with Gasteiger partial charge in [0.25, 0.3) is 0 Å². The van der Waals surface area contributed by atoms with Crippen LogP contribution < -0.4 is 38.1 Å². The zero-order valence-corrected chi connectivity index (χ0v) is 32.1. The summed E-state index contributed by atoms with van der Waals surface area (Å²) < 4.78 is 23.1. The molecule has 2 aliphatic rings. The number of carbonyl (C=O) groups is 7. The number of aliphatic hydroxyl groups excluding tert-OH is 5. The predicted octanol–water partition coefficient (Wildman–Crippen LogP) is -6.74. The van der Waals surface area contributed by atoms with Crippen LogP contribution >= 0.6 is 0 Å². The van der Waals surface area contributed by atoms with Gasteiger partial charge in [0.05, 0.1) is 13.2 Å². The summed E-state index contributed by atoms with van der Waals surface area (Å²) in [5, 5.41) is 73.1. The summed E-state index contributed by atoms with van der Waals surface area (Å²) in [5.74, 6) is -6.25. The number of aliphatic hydroxyl groups is 5. The largest absolute Gasteiger partial charge is 0.480 e. The molecular formula is C33H57N7O17. The van der Waals surface area contributed by atoms with Gasteiger partial charge in [-0.05, 0) is 46.1 Å². The van der Waals surface area contributed by atoms with Crippen molar-refractivity contribution in [2.45, 2.75) is 145 Å². The van der Waals surface area contributed by atoms with Gasteiger partial charge in [0.15, 0.2) is 12.6 Å². The van der Waals surface area contributed by atoms with Gasteiger partial charge in [-0.1, -0.05) is 0 Å². The smallest absolute Gasteiger partial charge is 0.326 e.